The first-order valence-electron chi connectivity index (χ1n) is 5.31. The summed E-state index contributed by atoms with van der Waals surface area (Å²) >= 11 is 0. The smallest absolute Gasteiger partial charge is 0.266 e. The van der Waals surface area contributed by atoms with Crippen LogP contribution in [0.1, 0.15) is 12.7 Å². The molecule has 9 nitrogen and oxygen atoms in total. The maximum absolute atomic E-state index is 10.5. The van der Waals surface area contributed by atoms with Crippen molar-refractivity contribution in [1.82, 2.24) is 20.3 Å². The predicted octanol–water partition coefficient (Wildman–Crippen LogP) is -1.14. The van der Waals surface area contributed by atoms with Crippen molar-refractivity contribution >= 4 is 22.0 Å². The molecule has 1 heterocycles. The summed E-state index contributed by atoms with van der Waals surface area (Å²) in [6.07, 6.45) is 0. The van der Waals surface area contributed by atoms with E-state index in [0.29, 0.717) is 12.4 Å². The normalized spacial score (nSPS) is 11.4. The van der Waals surface area contributed by atoms with E-state index >= 15 is 0 Å². The van der Waals surface area contributed by atoms with Crippen LogP contribution >= 0.6 is 0 Å². The van der Waals surface area contributed by atoms with Crippen LogP contribution in [0.15, 0.2) is 0 Å². The fourth-order valence-electron chi connectivity index (χ4n) is 1.12. The van der Waals surface area contributed by atoms with E-state index in [-0.39, 0.29) is 18.4 Å². The highest BCUT2D eigenvalue weighted by Crippen LogP contribution is 2.02. The molecular formula is C8H16N6O3S. The van der Waals surface area contributed by atoms with Crippen LogP contribution in [0, 0.1) is 0 Å². The van der Waals surface area contributed by atoms with Crippen LogP contribution in [0.25, 0.3) is 0 Å². The first kappa shape index (κ1) is 14.5. The van der Waals surface area contributed by atoms with Crippen molar-refractivity contribution < 1.29 is 13.0 Å². The van der Waals surface area contributed by atoms with E-state index in [9.17, 15) is 8.42 Å². The minimum absolute atomic E-state index is 0.0110. The molecule has 0 saturated carbocycles. The molecule has 0 atom stereocenters. The molecule has 5 N–H and O–H groups in total. The fourth-order valence-corrected chi connectivity index (χ4v) is 1.48. The van der Waals surface area contributed by atoms with Gasteiger partial charge in [0.2, 0.25) is 11.9 Å². The molecule has 102 valence electrons. The maximum atomic E-state index is 10.5. The number of aromatic nitrogens is 3. The molecule has 1 aromatic heterocycles. The Bertz CT molecular complexity index is 492. The minimum Gasteiger partial charge on any atom is -0.368 e. The summed E-state index contributed by atoms with van der Waals surface area (Å²) in [6, 6.07) is 0. The molecule has 0 saturated heterocycles. The van der Waals surface area contributed by atoms with E-state index in [1.54, 1.807) is 0 Å². The zero-order valence-corrected chi connectivity index (χ0v) is 10.7. The Kier molecular flexibility index (Phi) is 5.19. The number of hydrogen-bond donors (Lipinski definition) is 4. The fraction of sp³-hybridized carbons (Fsp3) is 0.625. The van der Waals surface area contributed by atoms with Gasteiger partial charge in [-0.2, -0.15) is 23.4 Å². The zero-order chi connectivity index (χ0) is 13.6. The quantitative estimate of drug-likeness (QED) is 0.454. The largest absolute Gasteiger partial charge is 0.368 e. The summed E-state index contributed by atoms with van der Waals surface area (Å²) in [5, 5.41) is 5.68. The number of rotatable bonds is 7. The second kappa shape index (κ2) is 6.42. The lowest BCUT2D eigenvalue weighted by Gasteiger charge is -2.06. The predicted molar refractivity (Wildman–Crippen MR) is 66.5 cm³/mol. The van der Waals surface area contributed by atoms with Crippen LogP contribution in [-0.2, 0) is 16.7 Å². The van der Waals surface area contributed by atoms with Gasteiger partial charge in [0.1, 0.15) is 5.82 Å². The average molecular weight is 276 g/mol. The number of nitrogens with zero attached hydrogens (tertiary/aromatic N) is 3. The lowest BCUT2D eigenvalue weighted by atomic mass is 10.5. The number of hydrogen-bond acceptors (Lipinski definition) is 8. The highest BCUT2D eigenvalue weighted by Gasteiger charge is 2.07. The molecule has 0 fully saturated rings. The third-order valence-electron chi connectivity index (χ3n) is 1.88. The van der Waals surface area contributed by atoms with Gasteiger partial charge in [0.05, 0.1) is 12.3 Å². The Morgan fingerprint density at radius 3 is 2.67 bits per heavy atom. The van der Waals surface area contributed by atoms with Crippen LogP contribution in [0.3, 0.4) is 0 Å². The van der Waals surface area contributed by atoms with Gasteiger partial charge in [0, 0.05) is 6.54 Å². The van der Waals surface area contributed by atoms with Crippen molar-refractivity contribution in [3.05, 3.63) is 5.82 Å². The van der Waals surface area contributed by atoms with E-state index in [1.165, 1.54) is 0 Å². The number of nitrogens with two attached hydrogens (primary N) is 1. The van der Waals surface area contributed by atoms with E-state index in [1.807, 2.05) is 6.92 Å². The van der Waals surface area contributed by atoms with Crippen molar-refractivity contribution in [3.63, 3.8) is 0 Å². The van der Waals surface area contributed by atoms with Gasteiger partial charge < -0.3 is 16.4 Å². The second-order valence-electron chi connectivity index (χ2n) is 3.43. The minimum atomic E-state index is -4.01. The maximum Gasteiger partial charge on any atom is 0.266 e. The number of nitrogens with one attached hydrogen (secondary N) is 2. The van der Waals surface area contributed by atoms with Crippen molar-refractivity contribution in [2.24, 2.45) is 0 Å². The van der Waals surface area contributed by atoms with E-state index in [4.69, 9.17) is 10.3 Å². The van der Waals surface area contributed by atoms with Gasteiger partial charge >= 0.3 is 0 Å². The Hall–Kier alpha value is -1.52. The van der Waals surface area contributed by atoms with Gasteiger partial charge in [0.25, 0.3) is 10.1 Å². The summed E-state index contributed by atoms with van der Waals surface area (Å²) in [4.78, 5) is 11.8. The lowest BCUT2D eigenvalue weighted by molar-refractivity contribution is 0.484. The molecular weight excluding hydrogens is 260 g/mol. The molecule has 0 aromatic carbocycles. The summed E-state index contributed by atoms with van der Waals surface area (Å²) in [5.74, 6) is 0.256. The van der Waals surface area contributed by atoms with Gasteiger partial charge in [0.15, 0.2) is 0 Å². The van der Waals surface area contributed by atoms with E-state index < -0.39 is 15.9 Å². The molecule has 0 amide bonds. The summed E-state index contributed by atoms with van der Waals surface area (Å²) in [6.45, 7) is 3.13. The molecule has 0 aliphatic heterocycles. The zero-order valence-electron chi connectivity index (χ0n) is 9.92. The molecule has 0 aliphatic rings. The molecule has 18 heavy (non-hydrogen) atoms. The van der Waals surface area contributed by atoms with Crippen molar-refractivity contribution in [1.29, 1.82) is 0 Å². The van der Waals surface area contributed by atoms with Crippen molar-refractivity contribution in [2.45, 2.75) is 13.5 Å². The SMILES string of the molecule is CCNCc1nc(N)nc(NCCS(=O)(=O)O)n1. The molecule has 1 rings (SSSR count). The molecule has 0 unspecified atom stereocenters. The second-order valence-corrected chi connectivity index (χ2v) is 5.00. The Morgan fingerprint density at radius 2 is 2.06 bits per heavy atom. The van der Waals surface area contributed by atoms with E-state index in [0.717, 1.165) is 6.54 Å². The third-order valence-corrected chi connectivity index (χ3v) is 2.60. The van der Waals surface area contributed by atoms with Crippen LogP contribution in [0.5, 0.6) is 0 Å². The Morgan fingerprint density at radius 1 is 1.33 bits per heavy atom. The Labute approximate surface area is 105 Å². The summed E-state index contributed by atoms with van der Waals surface area (Å²) in [7, 11) is -4.01. The molecule has 0 radical (unpaired) electrons. The molecule has 10 heteroatoms. The van der Waals surface area contributed by atoms with E-state index in [2.05, 4.69) is 25.6 Å². The summed E-state index contributed by atoms with van der Waals surface area (Å²) < 4.78 is 29.6. The molecule has 0 aliphatic carbocycles. The van der Waals surface area contributed by atoms with Gasteiger partial charge in [-0.15, -0.1) is 0 Å². The highest BCUT2D eigenvalue weighted by molar-refractivity contribution is 7.85. The first-order chi connectivity index (χ1) is 8.40. The standard InChI is InChI=1S/C8H16N6O3S/c1-2-10-5-6-12-7(9)14-8(13-6)11-3-4-18(15,16)17/h10H,2-5H2,1H3,(H,15,16,17)(H3,9,11,12,13,14). The van der Waals surface area contributed by atoms with Gasteiger partial charge in [-0.3, -0.25) is 4.55 Å². The van der Waals surface area contributed by atoms with Crippen LogP contribution < -0.4 is 16.4 Å². The van der Waals surface area contributed by atoms with Crippen molar-refractivity contribution in [2.75, 3.05) is 29.9 Å². The molecule has 0 spiro atoms. The highest BCUT2D eigenvalue weighted by atomic mass is 32.2. The Balaban J connectivity index is 2.62. The number of anilines is 2. The lowest BCUT2D eigenvalue weighted by Crippen LogP contribution is -2.19. The van der Waals surface area contributed by atoms with Gasteiger partial charge in [-0.05, 0) is 6.54 Å². The van der Waals surface area contributed by atoms with Gasteiger partial charge in [-0.25, -0.2) is 0 Å². The van der Waals surface area contributed by atoms with Gasteiger partial charge in [-0.1, -0.05) is 6.92 Å². The van der Waals surface area contributed by atoms with Crippen LogP contribution in [0.2, 0.25) is 0 Å². The monoisotopic (exact) mass is 276 g/mol. The third kappa shape index (κ3) is 5.70. The van der Waals surface area contributed by atoms with Crippen molar-refractivity contribution in [3.8, 4) is 0 Å². The first-order valence-corrected chi connectivity index (χ1v) is 6.92. The molecule has 1 aromatic rings. The molecule has 0 bridgehead atoms. The average Bonchev–Trinajstić information content (AvgIpc) is 2.24. The van der Waals surface area contributed by atoms with Crippen LogP contribution in [-0.4, -0.2) is 46.8 Å². The topological polar surface area (TPSA) is 143 Å². The number of nitrogen functional groups attached to an aromatic ring is 1. The van der Waals surface area contributed by atoms with Crippen LogP contribution in [0.4, 0.5) is 11.9 Å². The summed E-state index contributed by atoms with van der Waals surface area (Å²) in [5.41, 5.74) is 5.49.